The lowest BCUT2D eigenvalue weighted by Crippen LogP contribution is -2.44. The van der Waals surface area contributed by atoms with Crippen LogP contribution < -0.4 is 10.6 Å². The van der Waals surface area contributed by atoms with Crippen molar-refractivity contribution in [3.63, 3.8) is 0 Å². The van der Waals surface area contributed by atoms with Crippen LogP contribution in [0.3, 0.4) is 0 Å². The zero-order valence-corrected chi connectivity index (χ0v) is 14.3. The van der Waals surface area contributed by atoms with E-state index in [9.17, 15) is 9.59 Å². The molecule has 4 N–H and O–H groups in total. The van der Waals surface area contributed by atoms with Crippen molar-refractivity contribution in [1.29, 1.82) is 5.41 Å². The van der Waals surface area contributed by atoms with Crippen molar-refractivity contribution in [1.82, 2.24) is 4.90 Å². The molecule has 0 aliphatic carbocycles. The van der Waals surface area contributed by atoms with Gasteiger partial charge in [0, 0.05) is 24.3 Å². The summed E-state index contributed by atoms with van der Waals surface area (Å²) in [6.45, 7) is 2.28. The van der Waals surface area contributed by atoms with E-state index in [-0.39, 0.29) is 18.0 Å². The molecule has 1 amide bonds. The van der Waals surface area contributed by atoms with Crippen molar-refractivity contribution in [2.75, 3.05) is 31.1 Å². The van der Waals surface area contributed by atoms with Gasteiger partial charge < -0.3 is 20.3 Å². The summed E-state index contributed by atoms with van der Waals surface area (Å²) in [6, 6.07) is 6.85. The average molecular weight is 362 g/mol. The molecule has 3 rings (SSSR count). The summed E-state index contributed by atoms with van der Waals surface area (Å²) in [5.74, 6) is -0.0262. The molecule has 2 fully saturated rings. The summed E-state index contributed by atoms with van der Waals surface area (Å²) in [4.78, 5) is 26.5. The lowest BCUT2D eigenvalue weighted by molar-refractivity contribution is 0.00485. The maximum Gasteiger partial charge on any atom is 0.506 e. The molecule has 0 spiro atoms. The predicted octanol–water partition coefficient (Wildman–Crippen LogP) is 1.45. The lowest BCUT2D eigenvalue weighted by atomic mass is 10.1. The first-order valence-corrected chi connectivity index (χ1v) is 8.47. The molecule has 9 nitrogen and oxygen atoms in total. The molecule has 0 saturated carbocycles. The number of anilines is 1. The minimum absolute atomic E-state index is 0.0262. The van der Waals surface area contributed by atoms with E-state index in [4.69, 9.17) is 25.7 Å². The van der Waals surface area contributed by atoms with E-state index in [0.717, 1.165) is 13.0 Å². The summed E-state index contributed by atoms with van der Waals surface area (Å²) >= 11 is 0. The number of amides is 1. The average Bonchev–Trinajstić information content (AvgIpc) is 2.95. The number of nitrogens with zero attached hydrogens (tertiary/aromatic N) is 2. The van der Waals surface area contributed by atoms with Crippen LogP contribution in [-0.4, -0.2) is 66.5 Å². The van der Waals surface area contributed by atoms with Crippen LogP contribution >= 0.6 is 0 Å². The largest absolute Gasteiger partial charge is 0.506 e. The standard InChI is InChI=1S/C17H22N4O5/c18-15(19)11-3-5-12(6-4-11)21-10-14(25-16(21)22)9-20-7-1-2-13(8-20)26-17(23)24/h3-6,13-14H,1-2,7-10H2,(H3,18,19)(H,23,24). The lowest BCUT2D eigenvalue weighted by Gasteiger charge is -2.32. The minimum atomic E-state index is -1.26. The normalized spacial score (nSPS) is 23.5. The van der Waals surface area contributed by atoms with Crippen molar-refractivity contribution in [2.24, 2.45) is 5.73 Å². The van der Waals surface area contributed by atoms with E-state index in [1.54, 1.807) is 29.2 Å². The summed E-state index contributed by atoms with van der Waals surface area (Å²) in [5.41, 5.74) is 6.72. The van der Waals surface area contributed by atoms with Crippen LogP contribution in [0, 0.1) is 5.41 Å². The van der Waals surface area contributed by atoms with Crippen molar-refractivity contribution >= 4 is 23.8 Å². The fourth-order valence-electron chi connectivity index (χ4n) is 3.35. The van der Waals surface area contributed by atoms with Gasteiger partial charge in [-0.1, -0.05) is 0 Å². The van der Waals surface area contributed by atoms with Gasteiger partial charge in [-0.2, -0.15) is 0 Å². The molecule has 26 heavy (non-hydrogen) atoms. The van der Waals surface area contributed by atoms with Crippen LogP contribution in [0.1, 0.15) is 18.4 Å². The van der Waals surface area contributed by atoms with Gasteiger partial charge in [0.2, 0.25) is 0 Å². The molecule has 2 aliphatic rings. The number of carboxylic acid groups (broad SMARTS) is 1. The number of hydrogen-bond acceptors (Lipinski definition) is 6. The highest BCUT2D eigenvalue weighted by Gasteiger charge is 2.34. The van der Waals surface area contributed by atoms with Crippen LogP contribution in [0.25, 0.3) is 0 Å². The smallest absolute Gasteiger partial charge is 0.450 e. The van der Waals surface area contributed by atoms with Gasteiger partial charge in [0.05, 0.1) is 6.54 Å². The number of carbonyl (C=O) groups excluding carboxylic acids is 1. The SMILES string of the molecule is N=C(N)c1ccc(N2CC(CN3CCCC(OC(=O)O)C3)OC2=O)cc1. The monoisotopic (exact) mass is 362 g/mol. The Morgan fingerprint density at radius 3 is 2.73 bits per heavy atom. The molecule has 0 radical (unpaired) electrons. The maximum atomic E-state index is 12.2. The Morgan fingerprint density at radius 1 is 1.35 bits per heavy atom. The molecule has 2 unspecified atom stereocenters. The van der Waals surface area contributed by atoms with Crippen molar-refractivity contribution < 1.29 is 24.2 Å². The molecule has 2 aliphatic heterocycles. The third kappa shape index (κ3) is 4.23. The first-order chi connectivity index (χ1) is 12.4. The highest BCUT2D eigenvalue weighted by atomic mass is 16.7. The molecule has 2 atom stereocenters. The first-order valence-electron chi connectivity index (χ1n) is 8.47. The number of carbonyl (C=O) groups is 2. The Bertz CT molecular complexity index is 693. The number of benzene rings is 1. The number of amidine groups is 1. The molecule has 140 valence electrons. The van der Waals surface area contributed by atoms with Crippen LogP contribution in [0.15, 0.2) is 24.3 Å². The zero-order valence-electron chi connectivity index (χ0n) is 14.3. The topological polar surface area (TPSA) is 129 Å². The van der Waals surface area contributed by atoms with Gasteiger partial charge in [-0.25, -0.2) is 9.59 Å². The predicted molar refractivity (Wildman–Crippen MR) is 93.6 cm³/mol. The number of ether oxygens (including phenoxy) is 2. The van der Waals surface area contributed by atoms with Crippen molar-refractivity contribution in [3.05, 3.63) is 29.8 Å². The maximum absolute atomic E-state index is 12.2. The van der Waals surface area contributed by atoms with E-state index in [0.29, 0.717) is 37.3 Å². The first kappa shape index (κ1) is 18.0. The summed E-state index contributed by atoms with van der Waals surface area (Å²) in [6.07, 6.45) is -0.756. The number of nitrogens with one attached hydrogen (secondary N) is 1. The fraction of sp³-hybridized carbons (Fsp3) is 0.471. The fourth-order valence-corrected chi connectivity index (χ4v) is 3.35. The second-order valence-corrected chi connectivity index (χ2v) is 6.48. The highest BCUT2D eigenvalue weighted by molar-refractivity contribution is 5.96. The molecule has 0 bridgehead atoms. The number of hydrogen-bond donors (Lipinski definition) is 3. The number of nitrogens with two attached hydrogens (primary N) is 1. The molecule has 9 heteroatoms. The van der Waals surface area contributed by atoms with Gasteiger partial charge in [0.25, 0.3) is 0 Å². The summed E-state index contributed by atoms with van der Waals surface area (Å²) in [5, 5.41) is 16.2. The van der Waals surface area contributed by atoms with E-state index in [1.807, 2.05) is 0 Å². The van der Waals surface area contributed by atoms with Crippen LogP contribution in [0.5, 0.6) is 0 Å². The molecule has 1 aromatic carbocycles. The summed E-state index contributed by atoms with van der Waals surface area (Å²) in [7, 11) is 0. The van der Waals surface area contributed by atoms with E-state index >= 15 is 0 Å². The second-order valence-electron chi connectivity index (χ2n) is 6.48. The molecule has 0 aromatic heterocycles. The van der Waals surface area contributed by atoms with E-state index in [1.165, 1.54) is 0 Å². The Balaban J connectivity index is 1.57. The molecular weight excluding hydrogens is 340 g/mol. The number of cyclic esters (lactones) is 1. The van der Waals surface area contributed by atoms with Gasteiger partial charge in [-0.15, -0.1) is 0 Å². The highest BCUT2D eigenvalue weighted by Crippen LogP contribution is 2.23. The van der Waals surface area contributed by atoms with Crippen molar-refractivity contribution in [3.8, 4) is 0 Å². The van der Waals surface area contributed by atoms with Crippen LogP contribution in [-0.2, 0) is 9.47 Å². The third-order valence-electron chi connectivity index (χ3n) is 4.56. The van der Waals surface area contributed by atoms with Gasteiger partial charge in [0.1, 0.15) is 18.0 Å². The van der Waals surface area contributed by atoms with E-state index < -0.39 is 12.2 Å². The summed E-state index contributed by atoms with van der Waals surface area (Å²) < 4.78 is 10.3. The number of rotatable bonds is 5. The van der Waals surface area contributed by atoms with Gasteiger partial charge in [-0.05, 0) is 43.7 Å². The Hall–Kier alpha value is -2.81. The number of likely N-dealkylation sites (tertiary alicyclic amines) is 1. The Morgan fingerprint density at radius 2 is 2.08 bits per heavy atom. The third-order valence-corrected chi connectivity index (χ3v) is 4.56. The molecule has 2 heterocycles. The number of piperidine rings is 1. The van der Waals surface area contributed by atoms with Gasteiger partial charge in [0.15, 0.2) is 0 Å². The second kappa shape index (κ2) is 7.61. The molecule has 1 aromatic rings. The van der Waals surface area contributed by atoms with Crippen LogP contribution in [0.2, 0.25) is 0 Å². The quantitative estimate of drug-likeness (QED) is 0.411. The Kier molecular flexibility index (Phi) is 5.27. The molecule has 2 saturated heterocycles. The van der Waals surface area contributed by atoms with Crippen molar-refractivity contribution in [2.45, 2.75) is 25.0 Å². The number of nitrogen functional groups attached to an aromatic ring is 1. The Labute approximate surface area is 150 Å². The minimum Gasteiger partial charge on any atom is -0.450 e. The van der Waals surface area contributed by atoms with E-state index in [2.05, 4.69) is 4.90 Å². The van der Waals surface area contributed by atoms with Gasteiger partial charge in [-0.3, -0.25) is 15.2 Å². The zero-order chi connectivity index (χ0) is 18.7. The molecular formula is C17H22N4O5. The van der Waals surface area contributed by atoms with Crippen LogP contribution in [0.4, 0.5) is 15.3 Å². The van der Waals surface area contributed by atoms with Gasteiger partial charge >= 0.3 is 12.2 Å².